The predicted molar refractivity (Wildman–Crippen MR) is 51.0 cm³/mol. The van der Waals surface area contributed by atoms with Crippen LogP contribution in [0.1, 0.15) is 26.2 Å². The zero-order valence-electron chi connectivity index (χ0n) is 8.54. The predicted octanol–water partition coefficient (Wildman–Crippen LogP) is 0.461. The molecule has 1 atom stereocenters. The molecule has 2 rings (SSSR count). The van der Waals surface area contributed by atoms with Crippen molar-refractivity contribution in [2.75, 3.05) is 19.8 Å². The van der Waals surface area contributed by atoms with Crippen LogP contribution in [0, 0.1) is 0 Å². The van der Waals surface area contributed by atoms with Gasteiger partial charge in [-0.3, -0.25) is 5.32 Å². The lowest BCUT2D eigenvalue weighted by molar-refractivity contribution is -0.151. The molecule has 0 radical (unpaired) electrons. The Labute approximate surface area is 84.0 Å². The molecule has 2 fully saturated rings. The van der Waals surface area contributed by atoms with Crippen LogP contribution >= 0.6 is 0 Å². The van der Waals surface area contributed by atoms with Gasteiger partial charge in [0.15, 0.2) is 0 Å². The largest absolute Gasteiger partial charge is 0.465 e. The highest BCUT2D eigenvalue weighted by atomic mass is 16.5. The highest BCUT2D eigenvalue weighted by molar-refractivity contribution is 5.81. The first-order chi connectivity index (χ1) is 6.77. The minimum atomic E-state index is -0.544. The molecule has 0 aromatic rings. The lowest BCUT2D eigenvalue weighted by atomic mass is 9.99. The van der Waals surface area contributed by atoms with Crippen LogP contribution in [0.5, 0.6) is 0 Å². The number of hydrogen-bond acceptors (Lipinski definition) is 4. The molecule has 2 aliphatic rings. The molecule has 0 spiro atoms. The van der Waals surface area contributed by atoms with E-state index in [-0.39, 0.29) is 5.97 Å². The lowest BCUT2D eigenvalue weighted by Crippen LogP contribution is -2.54. The summed E-state index contributed by atoms with van der Waals surface area (Å²) in [4.78, 5) is 11.8. The van der Waals surface area contributed by atoms with Gasteiger partial charge in [-0.25, -0.2) is 4.79 Å². The van der Waals surface area contributed by atoms with Gasteiger partial charge in [0.25, 0.3) is 0 Å². The second kappa shape index (κ2) is 3.87. The van der Waals surface area contributed by atoms with E-state index >= 15 is 0 Å². The maximum atomic E-state index is 11.8. The van der Waals surface area contributed by atoms with Crippen molar-refractivity contribution in [3.8, 4) is 0 Å². The highest BCUT2D eigenvalue weighted by Gasteiger charge is 2.46. The molecule has 80 valence electrons. The van der Waals surface area contributed by atoms with Crippen LogP contribution in [0.2, 0.25) is 0 Å². The van der Waals surface area contributed by atoms with Gasteiger partial charge in [0.1, 0.15) is 5.54 Å². The monoisotopic (exact) mass is 199 g/mol. The van der Waals surface area contributed by atoms with Crippen LogP contribution in [0.4, 0.5) is 0 Å². The topological polar surface area (TPSA) is 47.6 Å². The molecule has 4 nitrogen and oxygen atoms in total. The van der Waals surface area contributed by atoms with E-state index in [0.717, 1.165) is 6.42 Å². The van der Waals surface area contributed by atoms with Crippen molar-refractivity contribution in [2.45, 2.75) is 37.8 Å². The summed E-state index contributed by atoms with van der Waals surface area (Å²) in [6, 6.07) is 0.501. The van der Waals surface area contributed by atoms with E-state index in [2.05, 4.69) is 5.32 Å². The third kappa shape index (κ3) is 1.91. The summed E-state index contributed by atoms with van der Waals surface area (Å²) in [6.45, 7) is 3.38. The van der Waals surface area contributed by atoms with Crippen molar-refractivity contribution in [1.29, 1.82) is 0 Å². The fourth-order valence-corrected chi connectivity index (χ4v) is 1.79. The molecular formula is C10H17NO3. The Bertz CT molecular complexity index is 219. The summed E-state index contributed by atoms with van der Waals surface area (Å²) in [5, 5.41) is 3.35. The molecular weight excluding hydrogens is 182 g/mol. The van der Waals surface area contributed by atoms with E-state index < -0.39 is 5.54 Å². The fraction of sp³-hybridized carbons (Fsp3) is 0.900. The van der Waals surface area contributed by atoms with Crippen molar-refractivity contribution in [3.05, 3.63) is 0 Å². The van der Waals surface area contributed by atoms with Gasteiger partial charge in [0.05, 0.1) is 13.2 Å². The first-order valence-electron chi connectivity index (χ1n) is 5.29. The van der Waals surface area contributed by atoms with E-state index in [1.165, 1.54) is 12.8 Å². The standard InChI is InChI=1S/C10H17NO3/c1-2-14-9(12)10(5-6-13-7-10)11-8-3-4-8/h8,11H,2-7H2,1H3. The average molecular weight is 199 g/mol. The van der Waals surface area contributed by atoms with Crippen molar-refractivity contribution in [3.63, 3.8) is 0 Å². The Kier molecular flexibility index (Phi) is 2.74. The SMILES string of the molecule is CCOC(=O)C1(NC2CC2)CCOC1. The molecule has 0 aromatic heterocycles. The van der Waals surface area contributed by atoms with Gasteiger partial charge in [-0.2, -0.15) is 0 Å². The van der Waals surface area contributed by atoms with E-state index in [4.69, 9.17) is 9.47 Å². The summed E-state index contributed by atoms with van der Waals surface area (Å²) in [5.41, 5.74) is -0.544. The van der Waals surface area contributed by atoms with E-state index in [9.17, 15) is 4.79 Å². The van der Waals surface area contributed by atoms with Crippen LogP contribution in [-0.4, -0.2) is 37.4 Å². The number of ether oxygens (including phenoxy) is 2. The molecule has 1 aliphatic carbocycles. The second-order valence-corrected chi connectivity index (χ2v) is 4.02. The number of esters is 1. The van der Waals surface area contributed by atoms with Crippen molar-refractivity contribution in [2.24, 2.45) is 0 Å². The molecule has 1 N–H and O–H groups in total. The van der Waals surface area contributed by atoms with Gasteiger partial charge in [-0.1, -0.05) is 0 Å². The van der Waals surface area contributed by atoms with Gasteiger partial charge < -0.3 is 9.47 Å². The third-order valence-electron chi connectivity index (χ3n) is 2.75. The van der Waals surface area contributed by atoms with Crippen LogP contribution in [-0.2, 0) is 14.3 Å². The first-order valence-corrected chi connectivity index (χ1v) is 5.29. The molecule has 0 amide bonds. The number of hydrogen-bond donors (Lipinski definition) is 1. The van der Waals surface area contributed by atoms with Crippen LogP contribution < -0.4 is 5.32 Å². The second-order valence-electron chi connectivity index (χ2n) is 4.02. The lowest BCUT2D eigenvalue weighted by Gasteiger charge is -2.26. The minimum Gasteiger partial charge on any atom is -0.465 e. The smallest absolute Gasteiger partial charge is 0.328 e. The third-order valence-corrected chi connectivity index (χ3v) is 2.75. The molecule has 4 heteroatoms. The molecule has 0 aromatic carbocycles. The Morgan fingerprint density at radius 3 is 2.93 bits per heavy atom. The van der Waals surface area contributed by atoms with Gasteiger partial charge in [-0.05, 0) is 19.8 Å². The molecule has 1 unspecified atom stereocenters. The zero-order chi connectivity index (χ0) is 10.0. The summed E-state index contributed by atoms with van der Waals surface area (Å²) in [5.74, 6) is -0.149. The summed E-state index contributed by atoms with van der Waals surface area (Å²) >= 11 is 0. The van der Waals surface area contributed by atoms with Gasteiger partial charge >= 0.3 is 5.97 Å². The van der Waals surface area contributed by atoms with Crippen molar-refractivity contribution < 1.29 is 14.3 Å². The van der Waals surface area contributed by atoms with Gasteiger partial charge in [-0.15, -0.1) is 0 Å². The minimum absolute atomic E-state index is 0.149. The Balaban J connectivity index is 1.99. The fourth-order valence-electron chi connectivity index (χ4n) is 1.79. The van der Waals surface area contributed by atoms with Gasteiger partial charge in [0, 0.05) is 19.1 Å². The van der Waals surface area contributed by atoms with E-state index in [1.54, 1.807) is 0 Å². The molecule has 1 heterocycles. The molecule has 1 saturated carbocycles. The Morgan fingerprint density at radius 1 is 1.64 bits per heavy atom. The summed E-state index contributed by atoms with van der Waals surface area (Å²) in [7, 11) is 0. The van der Waals surface area contributed by atoms with Crippen LogP contribution in [0.3, 0.4) is 0 Å². The highest BCUT2D eigenvalue weighted by Crippen LogP contribution is 2.28. The maximum Gasteiger partial charge on any atom is 0.328 e. The Hall–Kier alpha value is -0.610. The first kappa shape index (κ1) is 9.93. The van der Waals surface area contributed by atoms with Crippen molar-refractivity contribution in [1.82, 2.24) is 5.32 Å². The van der Waals surface area contributed by atoms with Gasteiger partial charge in [0.2, 0.25) is 0 Å². The zero-order valence-corrected chi connectivity index (χ0v) is 8.54. The van der Waals surface area contributed by atoms with Crippen LogP contribution in [0.25, 0.3) is 0 Å². The summed E-state index contributed by atoms with van der Waals surface area (Å²) < 4.78 is 10.4. The molecule has 14 heavy (non-hydrogen) atoms. The number of carbonyl (C=O) groups excluding carboxylic acids is 1. The Morgan fingerprint density at radius 2 is 2.43 bits per heavy atom. The number of nitrogens with one attached hydrogen (secondary N) is 1. The quantitative estimate of drug-likeness (QED) is 0.668. The van der Waals surface area contributed by atoms with Crippen molar-refractivity contribution >= 4 is 5.97 Å². The van der Waals surface area contributed by atoms with E-state index in [0.29, 0.717) is 25.9 Å². The maximum absolute atomic E-state index is 11.8. The number of rotatable bonds is 4. The number of carbonyl (C=O) groups is 1. The molecule has 1 saturated heterocycles. The normalized spacial score (nSPS) is 31.8. The van der Waals surface area contributed by atoms with E-state index in [1.807, 2.05) is 6.92 Å². The van der Waals surface area contributed by atoms with Crippen LogP contribution in [0.15, 0.2) is 0 Å². The molecule has 1 aliphatic heterocycles. The molecule has 0 bridgehead atoms. The average Bonchev–Trinajstić information content (AvgIpc) is 2.82. The summed E-state index contributed by atoms with van der Waals surface area (Å²) in [6.07, 6.45) is 3.07.